The molecule has 1 aliphatic heterocycles. The van der Waals surface area contributed by atoms with Crippen molar-refractivity contribution >= 4 is 5.91 Å². The molecule has 0 aromatic heterocycles. The van der Waals surface area contributed by atoms with Gasteiger partial charge in [0, 0.05) is 32.2 Å². The van der Waals surface area contributed by atoms with Crippen LogP contribution >= 0.6 is 0 Å². The number of piperidine rings is 1. The predicted octanol–water partition coefficient (Wildman–Crippen LogP) is 1.08. The summed E-state index contributed by atoms with van der Waals surface area (Å²) in [6.45, 7) is 10.4. The van der Waals surface area contributed by atoms with Crippen LogP contribution < -0.4 is 10.6 Å². The summed E-state index contributed by atoms with van der Waals surface area (Å²) >= 11 is 0. The van der Waals surface area contributed by atoms with E-state index in [0.717, 1.165) is 19.5 Å². The fourth-order valence-corrected chi connectivity index (χ4v) is 2.63. The van der Waals surface area contributed by atoms with E-state index >= 15 is 0 Å². The van der Waals surface area contributed by atoms with E-state index in [1.807, 2.05) is 13.8 Å². The molecule has 0 saturated carbocycles. The van der Waals surface area contributed by atoms with Gasteiger partial charge >= 0.3 is 0 Å². The molecule has 18 heavy (non-hydrogen) atoms. The molecule has 1 amide bonds. The van der Waals surface area contributed by atoms with Gasteiger partial charge in [0.15, 0.2) is 0 Å². The molecule has 4 heteroatoms. The van der Waals surface area contributed by atoms with Crippen molar-refractivity contribution in [2.75, 3.05) is 27.2 Å². The van der Waals surface area contributed by atoms with Gasteiger partial charge in [-0.15, -0.1) is 0 Å². The first kappa shape index (κ1) is 15.4. The Morgan fingerprint density at radius 2 is 2.00 bits per heavy atom. The number of likely N-dealkylation sites (tertiary alicyclic amines) is 1. The molecule has 1 rings (SSSR count). The Balaban J connectivity index is 2.50. The topological polar surface area (TPSA) is 44.4 Å². The third kappa shape index (κ3) is 3.69. The molecule has 0 bridgehead atoms. The molecule has 0 aromatic carbocycles. The summed E-state index contributed by atoms with van der Waals surface area (Å²) in [5, 5.41) is 6.32. The third-order valence-corrected chi connectivity index (χ3v) is 4.26. The lowest BCUT2D eigenvalue weighted by molar-refractivity contribution is -0.128. The lowest BCUT2D eigenvalue weighted by Crippen LogP contribution is -2.53. The molecular formula is C14H29N3O. The zero-order chi connectivity index (χ0) is 13.9. The molecule has 0 spiro atoms. The normalized spacial score (nSPS) is 30.2. The molecule has 3 unspecified atom stereocenters. The minimum atomic E-state index is -0.346. The second kappa shape index (κ2) is 6.02. The van der Waals surface area contributed by atoms with Gasteiger partial charge in [-0.25, -0.2) is 0 Å². The van der Waals surface area contributed by atoms with Gasteiger partial charge in [0.25, 0.3) is 0 Å². The second-order valence-electron chi connectivity index (χ2n) is 6.45. The van der Waals surface area contributed by atoms with Crippen LogP contribution in [-0.4, -0.2) is 50.1 Å². The van der Waals surface area contributed by atoms with Crippen LogP contribution in [-0.2, 0) is 4.79 Å². The summed E-state index contributed by atoms with van der Waals surface area (Å²) in [5.74, 6) is 0.732. The predicted molar refractivity (Wildman–Crippen MR) is 75.5 cm³/mol. The Kier molecular flexibility index (Phi) is 5.17. The number of carbonyl (C=O) groups is 1. The van der Waals surface area contributed by atoms with E-state index in [9.17, 15) is 4.79 Å². The average molecular weight is 255 g/mol. The number of amides is 1. The van der Waals surface area contributed by atoms with Crippen molar-refractivity contribution in [2.45, 2.75) is 46.2 Å². The van der Waals surface area contributed by atoms with Crippen molar-refractivity contribution in [1.29, 1.82) is 0 Å². The van der Waals surface area contributed by atoms with Crippen molar-refractivity contribution < 1.29 is 4.79 Å². The van der Waals surface area contributed by atoms with E-state index in [1.165, 1.54) is 0 Å². The zero-order valence-electron chi connectivity index (χ0n) is 12.7. The summed E-state index contributed by atoms with van der Waals surface area (Å²) in [6.07, 6.45) is 1.15. The van der Waals surface area contributed by atoms with E-state index in [-0.39, 0.29) is 11.3 Å². The van der Waals surface area contributed by atoms with Crippen LogP contribution in [0.2, 0.25) is 0 Å². The number of hydrogen-bond acceptors (Lipinski definition) is 3. The largest absolute Gasteiger partial charge is 0.359 e. The van der Waals surface area contributed by atoms with E-state index in [1.54, 1.807) is 7.05 Å². The van der Waals surface area contributed by atoms with Crippen LogP contribution in [0.25, 0.3) is 0 Å². The first-order chi connectivity index (χ1) is 8.27. The van der Waals surface area contributed by atoms with E-state index in [0.29, 0.717) is 18.0 Å². The highest BCUT2D eigenvalue weighted by atomic mass is 16.2. The number of rotatable bonds is 4. The fourth-order valence-electron chi connectivity index (χ4n) is 2.63. The van der Waals surface area contributed by atoms with E-state index < -0.39 is 0 Å². The van der Waals surface area contributed by atoms with Crippen LogP contribution in [0.1, 0.15) is 34.1 Å². The Bertz CT molecular complexity index is 291. The fraction of sp³-hybridized carbons (Fsp3) is 0.929. The van der Waals surface area contributed by atoms with Gasteiger partial charge in [-0.05, 0) is 40.2 Å². The maximum absolute atomic E-state index is 11.7. The van der Waals surface area contributed by atoms with Crippen LogP contribution in [0.4, 0.5) is 0 Å². The third-order valence-electron chi connectivity index (χ3n) is 4.26. The molecule has 0 aliphatic carbocycles. The minimum Gasteiger partial charge on any atom is -0.359 e. The van der Waals surface area contributed by atoms with Crippen molar-refractivity contribution in [3.8, 4) is 0 Å². The SMILES string of the molecule is CNC(=O)C(C)(C)CNC1CC(C)N(C)CC1C. The van der Waals surface area contributed by atoms with Crippen molar-refractivity contribution in [1.82, 2.24) is 15.5 Å². The van der Waals surface area contributed by atoms with E-state index in [4.69, 9.17) is 0 Å². The average Bonchev–Trinajstić information content (AvgIpc) is 2.31. The molecule has 2 N–H and O–H groups in total. The Morgan fingerprint density at radius 3 is 2.56 bits per heavy atom. The smallest absolute Gasteiger partial charge is 0.226 e. The molecule has 1 saturated heterocycles. The highest BCUT2D eigenvalue weighted by Crippen LogP contribution is 2.22. The number of carbonyl (C=O) groups excluding carboxylic acids is 1. The molecule has 1 heterocycles. The van der Waals surface area contributed by atoms with Crippen molar-refractivity contribution in [3.05, 3.63) is 0 Å². The summed E-state index contributed by atoms with van der Waals surface area (Å²) in [6, 6.07) is 1.13. The maximum Gasteiger partial charge on any atom is 0.226 e. The summed E-state index contributed by atoms with van der Waals surface area (Å²) in [5.41, 5.74) is -0.346. The first-order valence-corrected chi connectivity index (χ1v) is 6.93. The quantitative estimate of drug-likeness (QED) is 0.790. The molecular weight excluding hydrogens is 226 g/mol. The van der Waals surface area contributed by atoms with Gasteiger partial charge in [-0.2, -0.15) is 0 Å². The van der Waals surface area contributed by atoms with Gasteiger partial charge in [-0.3, -0.25) is 4.79 Å². The first-order valence-electron chi connectivity index (χ1n) is 6.93. The van der Waals surface area contributed by atoms with Crippen LogP contribution in [0.3, 0.4) is 0 Å². The standard InChI is InChI=1S/C14H29N3O/c1-10-8-17(6)11(2)7-12(10)16-9-14(3,4)13(18)15-5/h10-12,16H,7-9H2,1-6H3,(H,15,18). The molecule has 1 fully saturated rings. The molecule has 106 valence electrons. The van der Waals surface area contributed by atoms with Crippen LogP contribution in [0, 0.1) is 11.3 Å². The Labute approximate surface area is 111 Å². The summed E-state index contributed by atoms with van der Waals surface area (Å²) < 4.78 is 0. The summed E-state index contributed by atoms with van der Waals surface area (Å²) in [7, 11) is 3.89. The Hall–Kier alpha value is -0.610. The van der Waals surface area contributed by atoms with Gasteiger partial charge in [0.2, 0.25) is 5.91 Å². The minimum absolute atomic E-state index is 0.101. The monoisotopic (exact) mass is 255 g/mol. The second-order valence-corrected chi connectivity index (χ2v) is 6.45. The van der Waals surface area contributed by atoms with Gasteiger partial charge in [0.1, 0.15) is 0 Å². The number of hydrogen-bond donors (Lipinski definition) is 2. The number of nitrogens with zero attached hydrogens (tertiary/aromatic N) is 1. The zero-order valence-corrected chi connectivity index (χ0v) is 12.7. The van der Waals surface area contributed by atoms with E-state index in [2.05, 4.69) is 36.4 Å². The number of nitrogens with one attached hydrogen (secondary N) is 2. The van der Waals surface area contributed by atoms with Crippen molar-refractivity contribution in [3.63, 3.8) is 0 Å². The molecule has 0 radical (unpaired) electrons. The highest BCUT2D eigenvalue weighted by Gasteiger charge is 2.32. The lowest BCUT2D eigenvalue weighted by Gasteiger charge is -2.41. The maximum atomic E-state index is 11.7. The van der Waals surface area contributed by atoms with Gasteiger partial charge in [-0.1, -0.05) is 6.92 Å². The van der Waals surface area contributed by atoms with Crippen LogP contribution in [0.15, 0.2) is 0 Å². The highest BCUT2D eigenvalue weighted by molar-refractivity contribution is 5.81. The molecule has 1 aliphatic rings. The van der Waals surface area contributed by atoms with Gasteiger partial charge < -0.3 is 15.5 Å². The molecule has 4 nitrogen and oxygen atoms in total. The Morgan fingerprint density at radius 1 is 1.39 bits per heavy atom. The van der Waals surface area contributed by atoms with Crippen molar-refractivity contribution in [2.24, 2.45) is 11.3 Å². The van der Waals surface area contributed by atoms with Gasteiger partial charge in [0.05, 0.1) is 5.41 Å². The molecule has 3 atom stereocenters. The lowest BCUT2D eigenvalue weighted by atomic mass is 9.87. The van der Waals surface area contributed by atoms with Crippen LogP contribution in [0.5, 0.6) is 0 Å². The molecule has 0 aromatic rings. The summed E-state index contributed by atoms with van der Waals surface area (Å²) in [4.78, 5) is 14.2.